The highest BCUT2D eigenvalue weighted by Gasteiger charge is 2.19. The van der Waals surface area contributed by atoms with Crippen molar-refractivity contribution in [3.8, 4) is 0 Å². The number of aryl methyl sites for hydroxylation is 1. The van der Waals surface area contributed by atoms with Gasteiger partial charge in [0.2, 0.25) is 5.28 Å². The van der Waals surface area contributed by atoms with Crippen molar-refractivity contribution in [2.24, 2.45) is 0 Å². The fourth-order valence-electron chi connectivity index (χ4n) is 2.82. The fraction of sp³-hybridized carbons (Fsp3) is 0.467. The summed E-state index contributed by atoms with van der Waals surface area (Å²) in [4.78, 5) is 17.1. The fourth-order valence-corrected chi connectivity index (χ4v) is 3.13. The van der Waals surface area contributed by atoms with Crippen LogP contribution in [0.2, 0.25) is 5.28 Å². The van der Waals surface area contributed by atoms with Gasteiger partial charge in [-0.1, -0.05) is 18.1 Å². The number of fused-ring (bicyclic) bond motifs is 1. The molecule has 4 nitrogen and oxygen atoms in total. The van der Waals surface area contributed by atoms with Crippen LogP contribution in [0.25, 0.3) is 10.9 Å². The van der Waals surface area contributed by atoms with Crippen LogP contribution in [0.5, 0.6) is 0 Å². The number of nitrogens with zero attached hydrogens (tertiary/aromatic N) is 2. The summed E-state index contributed by atoms with van der Waals surface area (Å²) in [6.45, 7) is 3.76. The van der Waals surface area contributed by atoms with Gasteiger partial charge in [0.25, 0.3) is 5.56 Å². The predicted molar refractivity (Wildman–Crippen MR) is 81.5 cm³/mol. The van der Waals surface area contributed by atoms with Gasteiger partial charge in [0.1, 0.15) is 0 Å². The van der Waals surface area contributed by atoms with Crippen LogP contribution in [-0.2, 0) is 0 Å². The maximum atomic E-state index is 12.7. The standard InChI is InChI=1S/C15H18ClN3O/c1-10-5-6-13-12(8-10)14(20)19(15(16)18-13)11-4-2-3-7-17-9-11/h5-6,8,11,17H,2-4,7,9H2,1H3. The lowest BCUT2D eigenvalue weighted by Crippen LogP contribution is -2.32. The molecule has 20 heavy (non-hydrogen) atoms. The monoisotopic (exact) mass is 291 g/mol. The van der Waals surface area contributed by atoms with Crippen molar-refractivity contribution < 1.29 is 0 Å². The molecule has 0 spiro atoms. The minimum Gasteiger partial charge on any atom is -0.315 e. The molecule has 0 bridgehead atoms. The molecule has 1 aliphatic rings. The molecular weight excluding hydrogens is 274 g/mol. The van der Waals surface area contributed by atoms with Crippen LogP contribution in [0.4, 0.5) is 0 Å². The maximum absolute atomic E-state index is 12.7. The highest BCUT2D eigenvalue weighted by Crippen LogP contribution is 2.21. The molecule has 1 fully saturated rings. The SMILES string of the molecule is Cc1ccc2nc(Cl)n(C3CCCCNC3)c(=O)c2c1. The summed E-state index contributed by atoms with van der Waals surface area (Å²) in [7, 11) is 0. The topological polar surface area (TPSA) is 46.9 Å². The number of benzene rings is 1. The van der Waals surface area contributed by atoms with Gasteiger partial charge < -0.3 is 5.32 Å². The smallest absolute Gasteiger partial charge is 0.262 e. The van der Waals surface area contributed by atoms with E-state index >= 15 is 0 Å². The summed E-state index contributed by atoms with van der Waals surface area (Å²) in [5, 5.41) is 4.31. The van der Waals surface area contributed by atoms with Crippen molar-refractivity contribution in [1.29, 1.82) is 0 Å². The molecule has 1 aromatic carbocycles. The van der Waals surface area contributed by atoms with Crippen molar-refractivity contribution in [3.63, 3.8) is 0 Å². The van der Waals surface area contributed by atoms with E-state index in [1.807, 2.05) is 25.1 Å². The lowest BCUT2D eigenvalue weighted by atomic mass is 10.1. The van der Waals surface area contributed by atoms with Gasteiger partial charge in [-0.2, -0.15) is 0 Å². The van der Waals surface area contributed by atoms with Gasteiger partial charge in [0.05, 0.1) is 16.9 Å². The molecule has 0 saturated carbocycles. The summed E-state index contributed by atoms with van der Waals surface area (Å²) < 4.78 is 1.65. The molecule has 1 N–H and O–H groups in total. The summed E-state index contributed by atoms with van der Waals surface area (Å²) in [6.07, 6.45) is 3.21. The van der Waals surface area contributed by atoms with Crippen LogP contribution >= 0.6 is 11.6 Å². The van der Waals surface area contributed by atoms with Crippen LogP contribution in [0.1, 0.15) is 30.9 Å². The first-order valence-electron chi connectivity index (χ1n) is 7.06. The summed E-state index contributed by atoms with van der Waals surface area (Å²) >= 11 is 6.26. The Balaban J connectivity index is 2.16. The quantitative estimate of drug-likeness (QED) is 0.822. The van der Waals surface area contributed by atoms with Crippen LogP contribution in [0.15, 0.2) is 23.0 Å². The molecule has 5 heteroatoms. The molecule has 3 rings (SSSR count). The predicted octanol–water partition coefficient (Wildman–Crippen LogP) is 2.67. The zero-order valence-corrected chi connectivity index (χ0v) is 12.3. The molecule has 2 aromatic rings. The molecule has 1 aromatic heterocycles. The van der Waals surface area contributed by atoms with E-state index in [1.165, 1.54) is 0 Å². The average molecular weight is 292 g/mol. The number of hydrogen-bond donors (Lipinski definition) is 1. The normalized spacial score (nSPS) is 20.0. The van der Waals surface area contributed by atoms with E-state index in [-0.39, 0.29) is 11.6 Å². The second kappa shape index (κ2) is 5.54. The Morgan fingerprint density at radius 1 is 1.40 bits per heavy atom. The van der Waals surface area contributed by atoms with E-state index in [2.05, 4.69) is 10.3 Å². The van der Waals surface area contributed by atoms with E-state index < -0.39 is 0 Å². The van der Waals surface area contributed by atoms with E-state index in [9.17, 15) is 4.79 Å². The molecule has 1 saturated heterocycles. The molecule has 1 unspecified atom stereocenters. The minimum absolute atomic E-state index is 0.0302. The van der Waals surface area contributed by atoms with Crippen LogP contribution in [0, 0.1) is 6.92 Å². The number of rotatable bonds is 1. The average Bonchev–Trinajstić information content (AvgIpc) is 2.69. The Morgan fingerprint density at radius 2 is 2.25 bits per heavy atom. The Kier molecular flexibility index (Phi) is 3.76. The highest BCUT2D eigenvalue weighted by atomic mass is 35.5. The Bertz CT molecular complexity index is 687. The highest BCUT2D eigenvalue weighted by molar-refractivity contribution is 6.28. The van der Waals surface area contributed by atoms with E-state index in [0.717, 1.165) is 37.9 Å². The van der Waals surface area contributed by atoms with Crippen molar-refractivity contribution >= 4 is 22.5 Å². The van der Waals surface area contributed by atoms with Gasteiger partial charge in [0.15, 0.2) is 0 Å². The molecule has 0 amide bonds. The Hall–Kier alpha value is -1.39. The first-order valence-corrected chi connectivity index (χ1v) is 7.44. The van der Waals surface area contributed by atoms with Crippen molar-refractivity contribution in [2.75, 3.05) is 13.1 Å². The van der Waals surface area contributed by atoms with Crippen molar-refractivity contribution in [1.82, 2.24) is 14.9 Å². The second-order valence-electron chi connectivity index (χ2n) is 5.43. The van der Waals surface area contributed by atoms with Crippen LogP contribution < -0.4 is 10.9 Å². The summed E-state index contributed by atoms with van der Waals surface area (Å²) in [6, 6.07) is 5.78. The van der Waals surface area contributed by atoms with E-state index in [0.29, 0.717) is 16.2 Å². The molecule has 0 aliphatic carbocycles. The number of aromatic nitrogens is 2. The first-order chi connectivity index (χ1) is 9.66. The van der Waals surface area contributed by atoms with Crippen molar-refractivity contribution in [2.45, 2.75) is 32.2 Å². The zero-order valence-electron chi connectivity index (χ0n) is 11.5. The first kappa shape index (κ1) is 13.6. The molecule has 1 aliphatic heterocycles. The third-order valence-electron chi connectivity index (χ3n) is 3.90. The molecule has 0 radical (unpaired) electrons. The van der Waals surface area contributed by atoms with Crippen LogP contribution in [0.3, 0.4) is 0 Å². The van der Waals surface area contributed by atoms with Gasteiger partial charge in [-0.25, -0.2) is 4.98 Å². The molecule has 2 heterocycles. The molecule has 1 atom stereocenters. The lowest BCUT2D eigenvalue weighted by molar-refractivity contribution is 0.447. The van der Waals surface area contributed by atoms with Gasteiger partial charge in [-0.15, -0.1) is 0 Å². The second-order valence-corrected chi connectivity index (χ2v) is 5.77. The Morgan fingerprint density at radius 3 is 3.10 bits per heavy atom. The zero-order chi connectivity index (χ0) is 14.1. The molecule has 106 valence electrons. The maximum Gasteiger partial charge on any atom is 0.262 e. The van der Waals surface area contributed by atoms with Gasteiger partial charge in [-0.3, -0.25) is 9.36 Å². The van der Waals surface area contributed by atoms with E-state index in [4.69, 9.17) is 11.6 Å². The number of halogens is 1. The van der Waals surface area contributed by atoms with Crippen LogP contribution in [-0.4, -0.2) is 22.6 Å². The summed E-state index contributed by atoms with van der Waals surface area (Å²) in [5.74, 6) is 0. The Labute approximate surface area is 122 Å². The van der Waals surface area contributed by atoms with Gasteiger partial charge >= 0.3 is 0 Å². The largest absolute Gasteiger partial charge is 0.315 e. The van der Waals surface area contributed by atoms with Gasteiger partial charge in [-0.05, 0) is 50.0 Å². The third-order valence-corrected chi connectivity index (χ3v) is 4.17. The molecular formula is C15H18ClN3O. The summed E-state index contributed by atoms with van der Waals surface area (Å²) in [5.41, 5.74) is 1.70. The van der Waals surface area contributed by atoms with Gasteiger partial charge in [0, 0.05) is 6.54 Å². The number of nitrogens with one attached hydrogen (secondary N) is 1. The lowest BCUT2D eigenvalue weighted by Gasteiger charge is -2.19. The number of hydrogen-bond acceptors (Lipinski definition) is 3. The van der Waals surface area contributed by atoms with Crippen molar-refractivity contribution in [3.05, 3.63) is 39.4 Å². The van der Waals surface area contributed by atoms with E-state index in [1.54, 1.807) is 4.57 Å². The minimum atomic E-state index is -0.0302. The third kappa shape index (κ3) is 2.45.